The van der Waals surface area contributed by atoms with Gasteiger partial charge in [0.1, 0.15) is 0 Å². The number of aliphatic carboxylic acids is 1. The highest BCUT2D eigenvalue weighted by molar-refractivity contribution is 5.88. The van der Waals surface area contributed by atoms with Gasteiger partial charge in [-0.3, -0.25) is 0 Å². The summed E-state index contributed by atoms with van der Waals surface area (Å²) in [7, 11) is 0. The van der Waals surface area contributed by atoms with Gasteiger partial charge in [-0.2, -0.15) is 0 Å². The predicted octanol–water partition coefficient (Wildman–Crippen LogP) is 2.21. The highest BCUT2D eigenvalue weighted by atomic mass is 16.4. The van der Waals surface area contributed by atoms with E-state index in [0.29, 0.717) is 11.5 Å². The first-order valence-corrected chi connectivity index (χ1v) is 4.08. The van der Waals surface area contributed by atoms with E-state index in [1.54, 1.807) is 0 Å². The molecule has 0 spiro atoms. The predicted molar refractivity (Wildman–Crippen MR) is 43.4 cm³/mol. The second-order valence-corrected chi connectivity index (χ2v) is 3.32. The fraction of sp³-hybridized carbons (Fsp3) is 0.667. The lowest BCUT2D eigenvalue weighted by Gasteiger charge is -2.06. The normalized spacial score (nSPS) is 18.1. The summed E-state index contributed by atoms with van der Waals surface area (Å²) in [5, 5.41) is 8.77. The number of carboxylic acid groups (broad SMARTS) is 1. The molecule has 0 radical (unpaired) electrons. The van der Waals surface area contributed by atoms with Crippen molar-refractivity contribution in [3.8, 4) is 0 Å². The molecule has 0 fully saturated rings. The zero-order valence-electron chi connectivity index (χ0n) is 7.05. The molecular formula is C9H14O2. The van der Waals surface area contributed by atoms with Crippen molar-refractivity contribution in [2.75, 3.05) is 0 Å². The molecule has 62 valence electrons. The molecule has 0 saturated heterocycles. The van der Waals surface area contributed by atoms with E-state index >= 15 is 0 Å². The first-order chi connectivity index (χ1) is 5.13. The third kappa shape index (κ3) is 1.62. The zero-order chi connectivity index (χ0) is 8.43. The largest absolute Gasteiger partial charge is 0.478 e. The highest BCUT2D eigenvalue weighted by Gasteiger charge is 2.21. The van der Waals surface area contributed by atoms with Gasteiger partial charge in [0, 0.05) is 5.57 Å². The Kier molecular flexibility index (Phi) is 2.32. The molecule has 0 bridgehead atoms. The number of allylic oxidation sites excluding steroid dienone is 1. The minimum absolute atomic E-state index is 0.406. The van der Waals surface area contributed by atoms with Crippen molar-refractivity contribution in [2.24, 2.45) is 5.92 Å². The Bertz CT molecular complexity index is 202. The molecule has 0 saturated carbocycles. The van der Waals surface area contributed by atoms with E-state index in [0.717, 1.165) is 24.8 Å². The van der Waals surface area contributed by atoms with E-state index in [4.69, 9.17) is 5.11 Å². The second-order valence-electron chi connectivity index (χ2n) is 3.32. The molecule has 2 heteroatoms. The van der Waals surface area contributed by atoms with E-state index in [-0.39, 0.29) is 0 Å². The lowest BCUT2D eigenvalue weighted by Crippen LogP contribution is -2.03. The summed E-state index contributed by atoms with van der Waals surface area (Å²) in [5.74, 6) is -0.310. The van der Waals surface area contributed by atoms with Gasteiger partial charge in [-0.15, -0.1) is 0 Å². The van der Waals surface area contributed by atoms with Crippen LogP contribution in [0.2, 0.25) is 0 Å². The Morgan fingerprint density at radius 1 is 1.45 bits per heavy atom. The molecular weight excluding hydrogens is 140 g/mol. The molecule has 0 amide bonds. The van der Waals surface area contributed by atoms with Crippen molar-refractivity contribution in [1.82, 2.24) is 0 Å². The van der Waals surface area contributed by atoms with E-state index in [1.165, 1.54) is 0 Å². The quantitative estimate of drug-likeness (QED) is 0.662. The minimum Gasteiger partial charge on any atom is -0.478 e. The van der Waals surface area contributed by atoms with Crippen molar-refractivity contribution in [3.63, 3.8) is 0 Å². The molecule has 0 heterocycles. The van der Waals surface area contributed by atoms with E-state index in [2.05, 4.69) is 13.8 Å². The average Bonchev–Trinajstić information content (AvgIpc) is 2.32. The smallest absolute Gasteiger partial charge is 0.331 e. The first-order valence-electron chi connectivity index (χ1n) is 4.08. The van der Waals surface area contributed by atoms with Crippen LogP contribution in [-0.4, -0.2) is 11.1 Å². The van der Waals surface area contributed by atoms with Crippen molar-refractivity contribution >= 4 is 5.97 Å². The van der Waals surface area contributed by atoms with E-state index < -0.39 is 5.97 Å². The summed E-state index contributed by atoms with van der Waals surface area (Å²) in [6.45, 7) is 4.12. The molecule has 0 aromatic carbocycles. The summed E-state index contributed by atoms with van der Waals surface area (Å²) in [6.07, 6.45) is 2.78. The van der Waals surface area contributed by atoms with Gasteiger partial charge in [-0.1, -0.05) is 19.4 Å². The van der Waals surface area contributed by atoms with Crippen LogP contribution in [-0.2, 0) is 4.79 Å². The summed E-state index contributed by atoms with van der Waals surface area (Å²) in [5.41, 5.74) is 1.82. The second kappa shape index (κ2) is 3.07. The van der Waals surface area contributed by atoms with Crippen LogP contribution < -0.4 is 0 Å². The molecule has 0 unspecified atom stereocenters. The Hall–Kier alpha value is -0.790. The van der Waals surface area contributed by atoms with Gasteiger partial charge < -0.3 is 5.11 Å². The van der Waals surface area contributed by atoms with Crippen LogP contribution >= 0.6 is 0 Å². The monoisotopic (exact) mass is 154 g/mol. The van der Waals surface area contributed by atoms with Crippen molar-refractivity contribution in [3.05, 3.63) is 11.1 Å². The maximum absolute atomic E-state index is 10.7. The summed E-state index contributed by atoms with van der Waals surface area (Å²) >= 11 is 0. The lowest BCUT2D eigenvalue weighted by atomic mass is 10.00. The van der Waals surface area contributed by atoms with Crippen molar-refractivity contribution < 1.29 is 9.90 Å². The Balaban J connectivity index is 2.86. The Labute approximate surface area is 66.9 Å². The molecule has 0 atom stereocenters. The van der Waals surface area contributed by atoms with Gasteiger partial charge >= 0.3 is 5.97 Å². The molecule has 1 rings (SSSR count). The SMILES string of the molecule is CC(C)C1=C(C(=O)O)CCC1. The summed E-state index contributed by atoms with van der Waals surface area (Å²) in [4.78, 5) is 10.7. The first kappa shape index (κ1) is 8.31. The van der Waals surface area contributed by atoms with E-state index in [9.17, 15) is 4.79 Å². The maximum atomic E-state index is 10.7. The number of hydrogen-bond donors (Lipinski definition) is 1. The fourth-order valence-corrected chi connectivity index (χ4v) is 1.65. The molecule has 1 aliphatic rings. The maximum Gasteiger partial charge on any atom is 0.331 e. The number of carbonyl (C=O) groups is 1. The topological polar surface area (TPSA) is 37.3 Å². The van der Waals surface area contributed by atoms with Crippen LogP contribution in [0.1, 0.15) is 33.1 Å². The average molecular weight is 154 g/mol. The van der Waals surface area contributed by atoms with Gasteiger partial charge in [0.25, 0.3) is 0 Å². The van der Waals surface area contributed by atoms with Crippen LogP contribution in [0, 0.1) is 5.92 Å². The van der Waals surface area contributed by atoms with Gasteiger partial charge in [-0.25, -0.2) is 4.79 Å². The number of rotatable bonds is 2. The molecule has 1 N–H and O–H groups in total. The van der Waals surface area contributed by atoms with Crippen LogP contribution in [0.25, 0.3) is 0 Å². The zero-order valence-corrected chi connectivity index (χ0v) is 7.05. The molecule has 1 aliphatic carbocycles. The van der Waals surface area contributed by atoms with Gasteiger partial charge in [0.05, 0.1) is 0 Å². The van der Waals surface area contributed by atoms with Crippen molar-refractivity contribution in [1.29, 1.82) is 0 Å². The van der Waals surface area contributed by atoms with Crippen LogP contribution in [0.15, 0.2) is 11.1 Å². The lowest BCUT2D eigenvalue weighted by molar-refractivity contribution is -0.132. The minimum atomic E-state index is -0.716. The van der Waals surface area contributed by atoms with Gasteiger partial charge in [0.15, 0.2) is 0 Å². The molecule has 0 aliphatic heterocycles. The van der Waals surface area contributed by atoms with Gasteiger partial charge in [-0.05, 0) is 25.2 Å². The fourth-order valence-electron chi connectivity index (χ4n) is 1.65. The van der Waals surface area contributed by atoms with Crippen LogP contribution in [0.4, 0.5) is 0 Å². The number of carboxylic acids is 1. The Morgan fingerprint density at radius 3 is 2.45 bits per heavy atom. The van der Waals surface area contributed by atoms with Gasteiger partial charge in [0.2, 0.25) is 0 Å². The molecule has 0 aromatic rings. The number of hydrogen-bond acceptors (Lipinski definition) is 1. The highest BCUT2D eigenvalue weighted by Crippen LogP contribution is 2.31. The van der Waals surface area contributed by atoms with E-state index in [1.807, 2.05) is 0 Å². The summed E-state index contributed by atoms with van der Waals surface area (Å²) in [6, 6.07) is 0. The van der Waals surface area contributed by atoms with Crippen molar-refractivity contribution in [2.45, 2.75) is 33.1 Å². The molecule has 0 aromatic heterocycles. The Morgan fingerprint density at radius 2 is 2.09 bits per heavy atom. The standard InChI is InChI=1S/C9H14O2/c1-6(2)7-4-3-5-8(7)9(10)11/h6H,3-5H2,1-2H3,(H,10,11). The third-order valence-corrected chi connectivity index (χ3v) is 2.22. The molecule has 11 heavy (non-hydrogen) atoms. The molecule has 2 nitrogen and oxygen atoms in total. The summed E-state index contributed by atoms with van der Waals surface area (Å²) < 4.78 is 0. The van der Waals surface area contributed by atoms with Crippen LogP contribution in [0.5, 0.6) is 0 Å². The van der Waals surface area contributed by atoms with Crippen LogP contribution in [0.3, 0.4) is 0 Å². The third-order valence-electron chi connectivity index (χ3n) is 2.22.